The van der Waals surface area contributed by atoms with Gasteiger partial charge < -0.3 is 32.1 Å². The average Bonchev–Trinajstić information content (AvgIpc) is 2.82. The van der Waals surface area contributed by atoms with Gasteiger partial charge in [-0.05, 0) is 39.7 Å². The highest BCUT2D eigenvalue weighted by Gasteiger charge is 2.41. The van der Waals surface area contributed by atoms with E-state index in [1.165, 1.54) is 23.1 Å². The Morgan fingerprint density at radius 2 is 2.00 bits per heavy atom. The molecule has 2 rings (SSSR count). The smallest absolute Gasteiger partial charge is 0.305 e. The second-order valence-electron chi connectivity index (χ2n) is 8.99. The number of carbonyl (C=O) groups excluding carboxylic acids is 2. The lowest BCUT2D eigenvalue weighted by Gasteiger charge is -2.33. The topological polar surface area (TPSA) is 206 Å². The van der Waals surface area contributed by atoms with Crippen molar-refractivity contribution in [1.29, 1.82) is 0 Å². The molecule has 1 aliphatic rings. The standard InChI is InChI=1S/C21H31N7O6/c1-21(2,3)26-18(31)17-13-11-12(28(33)34)6-7-14(13)25-15(5-4-9-24-20(22)23)19(32)27(17)10-8-16(29)30/h6-7,11,15,17,25H,4-5,8-10H2,1-3H3,(H,26,31)(H,29,30)(H4,22,23,24)/t15-,17?/m0/s1. The second-order valence-corrected chi connectivity index (χ2v) is 8.99. The Kier molecular flexibility index (Phi) is 8.38. The molecule has 0 aliphatic carbocycles. The highest BCUT2D eigenvalue weighted by atomic mass is 16.6. The first-order valence-electron chi connectivity index (χ1n) is 10.7. The molecule has 0 aromatic heterocycles. The van der Waals surface area contributed by atoms with Crippen molar-refractivity contribution in [2.75, 3.05) is 18.4 Å². The first-order valence-corrected chi connectivity index (χ1v) is 10.7. The Morgan fingerprint density at radius 1 is 1.32 bits per heavy atom. The van der Waals surface area contributed by atoms with Gasteiger partial charge >= 0.3 is 5.97 Å². The number of nitrogens with zero attached hydrogens (tertiary/aromatic N) is 3. The number of nitrogens with two attached hydrogens (primary N) is 2. The third-order valence-corrected chi connectivity index (χ3v) is 5.02. The maximum atomic E-state index is 13.5. The normalized spacial score (nSPS) is 17.7. The number of hydrogen-bond acceptors (Lipinski definition) is 7. The largest absolute Gasteiger partial charge is 0.481 e. The molecule has 186 valence electrons. The number of carbonyl (C=O) groups is 3. The fourth-order valence-electron chi connectivity index (χ4n) is 3.64. The number of rotatable bonds is 9. The molecule has 0 spiro atoms. The number of fused-ring (bicyclic) bond motifs is 1. The molecule has 2 atom stereocenters. The number of non-ortho nitro benzene ring substituents is 1. The molecule has 2 amide bonds. The summed E-state index contributed by atoms with van der Waals surface area (Å²) in [6.07, 6.45) is 0.300. The van der Waals surface area contributed by atoms with E-state index < -0.39 is 46.8 Å². The van der Waals surface area contributed by atoms with Crippen LogP contribution < -0.4 is 22.1 Å². The van der Waals surface area contributed by atoms with Crippen molar-refractivity contribution in [3.05, 3.63) is 33.9 Å². The molecule has 1 unspecified atom stereocenters. The summed E-state index contributed by atoms with van der Waals surface area (Å²) in [6.45, 7) is 5.27. The highest BCUT2D eigenvalue weighted by molar-refractivity contribution is 5.95. The zero-order chi connectivity index (χ0) is 25.6. The van der Waals surface area contributed by atoms with Gasteiger partial charge in [-0.15, -0.1) is 0 Å². The van der Waals surface area contributed by atoms with Gasteiger partial charge in [0, 0.05) is 42.0 Å². The molecule has 34 heavy (non-hydrogen) atoms. The second kappa shape index (κ2) is 10.8. The number of nitro benzene ring substituents is 1. The Hall–Kier alpha value is -3.90. The predicted molar refractivity (Wildman–Crippen MR) is 125 cm³/mol. The third-order valence-electron chi connectivity index (χ3n) is 5.02. The first-order chi connectivity index (χ1) is 15.8. The third kappa shape index (κ3) is 7.05. The minimum absolute atomic E-state index is 0.0835. The van der Waals surface area contributed by atoms with E-state index in [0.717, 1.165) is 0 Å². The highest BCUT2D eigenvalue weighted by Crippen LogP contribution is 2.36. The van der Waals surface area contributed by atoms with Gasteiger partial charge in [0.2, 0.25) is 11.8 Å². The van der Waals surface area contributed by atoms with Gasteiger partial charge in [0.15, 0.2) is 5.96 Å². The fraction of sp³-hybridized carbons (Fsp3) is 0.524. The zero-order valence-corrected chi connectivity index (χ0v) is 19.4. The van der Waals surface area contributed by atoms with Crippen molar-refractivity contribution in [3.63, 3.8) is 0 Å². The van der Waals surface area contributed by atoms with E-state index in [-0.39, 0.29) is 36.7 Å². The molecule has 1 aliphatic heterocycles. The van der Waals surface area contributed by atoms with Crippen molar-refractivity contribution in [2.45, 2.75) is 57.7 Å². The number of hydrogen-bond donors (Lipinski definition) is 5. The molecular formula is C21H31N7O6. The molecule has 0 bridgehead atoms. The van der Waals surface area contributed by atoms with Gasteiger partial charge in [-0.1, -0.05) is 0 Å². The molecule has 0 fully saturated rings. The average molecular weight is 478 g/mol. The Morgan fingerprint density at radius 3 is 2.56 bits per heavy atom. The van der Waals surface area contributed by atoms with Crippen LogP contribution in [0.3, 0.4) is 0 Å². The Balaban J connectivity index is 2.57. The maximum Gasteiger partial charge on any atom is 0.305 e. The van der Waals surface area contributed by atoms with Crippen LogP contribution in [0, 0.1) is 10.1 Å². The molecule has 1 heterocycles. The van der Waals surface area contributed by atoms with Gasteiger partial charge in [0.1, 0.15) is 12.1 Å². The van der Waals surface area contributed by atoms with E-state index in [1.807, 2.05) is 0 Å². The summed E-state index contributed by atoms with van der Waals surface area (Å²) < 4.78 is 0. The monoisotopic (exact) mass is 477 g/mol. The predicted octanol–water partition coefficient (Wildman–Crippen LogP) is 0.702. The first kappa shape index (κ1) is 26.4. The number of nitrogens with one attached hydrogen (secondary N) is 2. The Bertz CT molecular complexity index is 984. The molecular weight excluding hydrogens is 446 g/mol. The Labute approximate surface area is 196 Å². The quantitative estimate of drug-likeness (QED) is 0.111. The summed E-state index contributed by atoms with van der Waals surface area (Å²) in [6, 6.07) is 1.87. The van der Waals surface area contributed by atoms with E-state index >= 15 is 0 Å². The number of aliphatic carboxylic acids is 1. The van der Waals surface area contributed by atoms with Crippen molar-refractivity contribution in [1.82, 2.24) is 10.2 Å². The van der Waals surface area contributed by atoms with Crippen LogP contribution in [0.15, 0.2) is 23.2 Å². The minimum Gasteiger partial charge on any atom is -0.481 e. The van der Waals surface area contributed by atoms with Crippen LogP contribution in [-0.2, 0) is 14.4 Å². The molecule has 0 saturated carbocycles. The number of carboxylic acids is 1. The fourth-order valence-corrected chi connectivity index (χ4v) is 3.64. The van der Waals surface area contributed by atoms with Gasteiger partial charge in [-0.2, -0.15) is 0 Å². The van der Waals surface area contributed by atoms with Gasteiger partial charge in [-0.3, -0.25) is 29.5 Å². The van der Waals surface area contributed by atoms with E-state index in [4.69, 9.17) is 11.5 Å². The van der Waals surface area contributed by atoms with E-state index in [0.29, 0.717) is 12.1 Å². The van der Waals surface area contributed by atoms with Crippen LogP contribution >= 0.6 is 0 Å². The maximum absolute atomic E-state index is 13.5. The van der Waals surface area contributed by atoms with Crippen molar-refractivity contribution < 1.29 is 24.4 Å². The van der Waals surface area contributed by atoms with E-state index in [9.17, 15) is 29.6 Å². The SMILES string of the molecule is CC(C)(C)NC(=O)C1c2cc([N+](=O)[O-])ccc2N[C@@H](CCCN=C(N)N)C(=O)N1CCC(=O)O. The van der Waals surface area contributed by atoms with Gasteiger partial charge in [0.25, 0.3) is 5.69 Å². The van der Waals surface area contributed by atoms with Crippen LogP contribution in [0.5, 0.6) is 0 Å². The van der Waals surface area contributed by atoms with Crippen LogP contribution in [-0.4, -0.2) is 63.3 Å². The summed E-state index contributed by atoms with van der Waals surface area (Å²) in [5, 5.41) is 26.5. The van der Waals surface area contributed by atoms with Crippen molar-refractivity contribution in [2.24, 2.45) is 16.5 Å². The van der Waals surface area contributed by atoms with Gasteiger partial charge in [-0.25, -0.2) is 0 Å². The van der Waals surface area contributed by atoms with Crippen LogP contribution in [0.4, 0.5) is 11.4 Å². The number of amides is 2. The lowest BCUT2D eigenvalue weighted by atomic mass is 9.99. The lowest BCUT2D eigenvalue weighted by Crippen LogP contribution is -2.51. The van der Waals surface area contributed by atoms with Crippen molar-refractivity contribution >= 4 is 35.1 Å². The number of nitro groups is 1. The van der Waals surface area contributed by atoms with E-state index in [1.54, 1.807) is 20.8 Å². The molecule has 7 N–H and O–H groups in total. The molecule has 0 radical (unpaired) electrons. The van der Waals surface area contributed by atoms with Crippen molar-refractivity contribution in [3.8, 4) is 0 Å². The molecule has 13 heteroatoms. The number of carboxylic acid groups (broad SMARTS) is 1. The lowest BCUT2D eigenvalue weighted by molar-refractivity contribution is -0.384. The zero-order valence-electron chi connectivity index (χ0n) is 19.4. The molecule has 0 saturated heterocycles. The number of anilines is 1. The number of guanidine groups is 1. The summed E-state index contributed by atoms with van der Waals surface area (Å²) in [4.78, 5) is 54.1. The minimum atomic E-state index is -1.27. The van der Waals surface area contributed by atoms with Crippen LogP contribution in [0.1, 0.15) is 51.6 Å². The van der Waals surface area contributed by atoms with Crippen LogP contribution in [0.25, 0.3) is 0 Å². The summed E-state index contributed by atoms with van der Waals surface area (Å²) in [5.41, 5.74) is 10.3. The summed E-state index contributed by atoms with van der Waals surface area (Å²) in [5.74, 6) is -2.31. The molecule has 1 aromatic carbocycles. The van der Waals surface area contributed by atoms with E-state index in [2.05, 4.69) is 15.6 Å². The van der Waals surface area contributed by atoms with Crippen LogP contribution in [0.2, 0.25) is 0 Å². The number of benzene rings is 1. The van der Waals surface area contributed by atoms with Gasteiger partial charge in [0.05, 0.1) is 11.3 Å². The summed E-state index contributed by atoms with van der Waals surface area (Å²) >= 11 is 0. The summed E-state index contributed by atoms with van der Waals surface area (Å²) in [7, 11) is 0. The molecule has 13 nitrogen and oxygen atoms in total. The number of aliphatic imine (C=N–C) groups is 1. The molecule has 1 aromatic rings.